The first-order valence-corrected chi connectivity index (χ1v) is 12.1. The molecule has 0 bridgehead atoms. The lowest BCUT2D eigenvalue weighted by Crippen LogP contribution is -2.25. The molecule has 1 saturated heterocycles. The molecule has 8 nitrogen and oxygen atoms in total. The van der Waals surface area contributed by atoms with Gasteiger partial charge in [0.25, 0.3) is 0 Å². The van der Waals surface area contributed by atoms with Gasteiger partial charge in [0.2, 0.25) is 5.95 Å². The van der Waals surface area contributed by atoms with Gasteiger partial charge in [0.05, 0.1) is 18.4 Å². The Morgan fingerprint density at radius 1 is 1.06 bits per heavy atom. The lowest BCUT2D eigenvalue weighted by molar-refractivity contribution is 0.0455. The number of nitrogens with zero attached hydrogens (tertiary/aromatic N) is 6. The smallest absolute Gasteiger partial charge is 0.229 e. The summed E-state index contributed by atoms with van der Waals surface area (Å²) in [6.07, 6.45) is 5.06. The predicted octanol–water partition coefficient (Wildman–Crippen LogP) is 5.37. The molecule has 1 aliphatic heterocycles. The molecule has 1 aliphatic rings. The van der Waals surface area contributed by atoms with Crippen molar-refractivity contribution >= 4 is 22.8 Å². The van der Waals surface area contributed by atoms with Crippen LogP contribution in [0.15, 0.2) is 36.7 Å². The number of aryl methyl sites for hydroxylation is 1. The van der Waals surface area contributed by atoms with Crippen molar-refractivity contribution in [3.8, 4) is 11.3 Å². The van der Waals surface area contributed by atoms with E-state index in [9.17, 15) is 8.78 Å². The maximum absolute atomic E-state index is 14.9. The number of anilines is 2. The first-order valence-electron chi connectivity index (χ1n) is 12.1. The zero-order valence-corrected chi connectivity index (χ0v) is 20.6. The predicted molar refractivity (Wildman–Crippen MR) is 134 cm³/mol. The average Bonchev–Trinajstić information content (AvgIpc) is 3.00. The van der Waals surface area contributed by atoms with E-state index in [1.165, 1.54) is 6.07 Å². The van der Waals surface area contributed by atoms with E-state index in [-0.39, 0.29) is 23.2 Å². The fourth-order valence-electron chi connectivity index (χ4n) is 4.57. The van der Waals surface area contributed by atoms with E-state index >= 15 is 0 Å². The molecule has 10 heteroatoms. The van der Waals surface area contributed by atoms with Crippen LogP contribution in [0.3, 0.4) is 0 Å². The van der Waals surface area contributed by atoms with Gasteiger partial charge in [-0.05, 0) is 57.4 Å². The van der Waals surface area contributed by atoms with Crippen molar-refractivity contribution < 1.29 is 13.5 Å². The van der Waals surface area contributed by atoms with Gasteiger partial charge in [-0.2, -0.15) is 0 Å². The standard InChI is InChI=1S/C26H29F2N7O/c1-16(2)35-17(3)31-25-20(27)10-19(11-22(25)35)24-21(28)13-30-26(33-24)32-23-7-6-18(12-29-23)14-34-8-4-5-9-36-15-34/h6-7,10-13,16H,4-5,8-9,14-15H2,1-3H3,(H,29,30,32,33). The SMILES string of the molecule is Cc1nc2c(F)cc(-c3nc(Nc4ccc(CN5CCCCOC5)cn4)ncc3F)cc2n1C(C)C. The molecule has 0 unspecified atom stereocenters. The second kappa shape index (κ2) is 10.2. The Kier molecular flexibility index (Phi) is 6.88. The number of imidazole rings is 1. The number of ether oxygens (including phenoxy) is 1. The largest absolute Gasteiger partial charge is 0.366 e. The molecular formula is C26H29F2N7O. The average molecular weight is 494 g/mol. The third kappa shape index (κ3) is 5.05. The van der Waals surface area contributed by atoms with E-state index < -0.39 is 11.6 Å². The molecule has 0 amide bonds. The maximum atomic E-state index is 14.9. The van der Waals surface area contributed by atoms with Crippen LogP contribution in [0, 0.1) is 18.6 Å². The van der Waals surface area contributed by atoms with Crippen LogP contribution in [-0.2, 0) is 11.3 Å². The van der Waals surface area contributed by atoms with E-state index in [1.807, 2.05) is 37.5 Å². The number of nitrogens with one attached hydrogen (secondary N) is 1. The topological polar surface area (TPSA) is 81.0 Å². The summed E-state index contributed by atoms with van der Waals surface area (Å²) in [4.78, 5) is 19.4. The zero-order chi connectivity index (χ0) is 25.2. The Labute approximate surface area is 208 Å². The molecule has 0 radical (unpaired) electrons. The van der Waals surface area contributed by atoms with Gasteiger partial charge in [-0.1, -0.05) is 6.07 Å². The zero-order valence-electron chi connectivity index (χ0n) is 20.6. The van der Waals surface area contributed by atoms with Crippen molar-refractivity contribution in [2.45, 2.75) is 46.2 Å². The van der Waals surface area contributed by atoms with Crippen molar-refractivity contribution in [1.29, 1.82) is 0 Å². The molecule has 0 atom stereocenters. The van der Waals surface area contributed by atoms with Crippen molar-refractivity contribution in [2.75, 3.05) is 25.2 Å². The van der Waals surface area contributed by atoms with E-state index in [4.69, 9.17) is 4.74 Å². The summed E-state index contributed by atoms with van der Waals surface area (Å²) in [6.45, 7) is 8.99. The van der Waals surface area contributed by atoms with Crippen LogP contribution in [-0.4, -0.2) is 49.3 Å². The van der Waals surface area contributed by atoms with Crippen LogP contribution in [0.5, 0.6) is 0 Å². The first-order chi connectivity index (χ1) is 17.4. The number of halogens is 2. The summed E-state index contributed by atoms with van der Waals surface area (Å²) in [5.41, 5.74) is 2.23. The molecule has 1 aromatic carbocycles. The van der Waals surface area contributed by atoms with E-state index in [2.05, 4.69) is 30.2 Å². The van der Waals surface area contributed by atoms with E-state index in [0.29, 0.717) is 29.5 Å². The molecule has 188 valence electrons. The summed E-state index contributed by atoms with van der Waals surface area (Å²) in [7, 11) is 0. The van der Waals surface area contributed by atoms with Gasteiger partial charge < -0.3 is 14.6 Å². The maximum Gasteiger partial charge on any atom is 0.229 e. The molecule has 4 aromatic rings. The Morgan fingerprint density at radius 2 is 1.92 bits per heavy atom. The lowest BCUT2D eigenvalue weighted by atomic mass is 10.1. The number of benzene rings is 1. The summed E-state index contributed by atoms with van der Waals surface area (Å²) < 4.78 is 37.2. The molecule has 4 heterocycles. The highest BCUT2D eigenvalue weighted by atomic mass is 19.1. The molecule has 1 fully saturated rings. The molecular weight excluding hydrogens is 464 g/mol. The Bertz CT molecular complexity index is 1360. The first kappa shape index (κ1) is 24.2. The van der Waals surface area contributed by atoms with Crippen molar-refractivity contribution in [3.63, 3.8) is 0 Å². The second-order valence-corrected chi connectivity index (χ2v) is 9.31. The molecule has 36 heavy (non-hydrogen) atoms. The highest BCUT2D eigenvalue weighted by molar-refractivity contribution is 5.83. The molecule has 0 aliphatic carbocycles. The summed E-state index contributed by atoms with van der Waals surface area (Å²) in [5.74, 6) is 0.221. The number of hydrogen-bond acceptors (Lipinski definition) is 7. The number of hydrogen-bond donors (Lipinski definition) is 1. The molecule has 0 spiro atoms. The van der Waals surface area contributed by atoms with Gasteiger partial charge in [0, 0.05) is 37.5 Å². The van der Waals surface area contributed by atoms with Gasteiger partial charge in [0.15, 0.2) is 11.6 Å². The van der Waals surface area contributed by atoms with Crippen molar-refractivity contribution in [2.24, 2.45) is 0 Å². The normalized spacial score (nSPS) is 14.9. The lowest BCUT2D eigenvalue weighted by Gasteiger charge is -2.19. The molecule has 1 N–H and O–H groups in total. The fraction of sp³-hybridized carbons (Fsp3) is 0.385. The van der Waals surface area contributed by atoms with Crippen LogP contribution in [0.2, 0.25) is 0 Å². The molecule has 3 aromatic heterocycles. The Morgan fingerprint density at radius 3 is 2.69 bits per heavy atom. The molecule has 0 saturated carbocycles. The number of pyridine rings is 1. The van der Waals surface area contributed by atoms with Gasteiger partial charge in [-0.3, -0.25) is 4.90 Å². The summed E-state index contributed by atoms with van der Waals surface area (Å²) in [5, 5.41) is 3.02. The number of rotatable bonds is 6. The highest BCUT2D eigenvalue weighted by Gasteiger charge is 2.18. The third-order valence-electron chi connectivity index (χ3n) is 6.22. The van der Waals surface area contributed by atoms with Crippen LogP contribution in [0.4, 0.5) is 20.5 Å². The van der Waals surface area contributed by atoms with Gasteiger partial charge in [-0.15, -0.1) is 0 Å². The van der Waals surface area contributed by atoms with Crippen molar-refractivity contribution in [1.82, 2.24) is 29.4 Å². The minimum absolute atomic E-state index is 0.000225. The second-order valence-electron chi connectivity index (χ2n) is 9.31. The van der Waals surface area contributed by atoms with Gasteiger partial charge >= 0.3 is 0 Å². The van der Waals surface area contributed by atoms with Gasteiger partial charge in [0.1, 0.15) is 22.9 Å². The summed E-state index contributed by atoms with van der Waals surface area (Å²) >= 11 is 0. The van der Waals surface area contributed by atoms with E-state index in [0.717, 1.165) is 44.3 Å². The Hall–Kier alpha value is -3.50. The highest BCUT2D eigenvalue weighted by Crippen LogP contribution is 2.30. The van der Waals surface area contributed by atoms with Crippen LogP contribution in [0.25, 0.3) is 22.3 Å². The fourth-order valence-corrected chi connectivity index (χ4v) is 4.57. The minimum atomic E-state index is -0.644. The monoisotopic (exact) mass is 493 g/mol. The quantitative estimate of drug-likeness (QED) is 0.387. The van der Waals surface area contributed by atoms with E-state index in [1.54, 1.807) is 12.3 Å². The number of aromatic nitrogens is 5. The number of fused-ring (bicyclic) bond motifs is 1. The Balaban J connectivity index is 1.38. The van der Waals surface area contributed by atoms with Crippen molar-refractivity contribution in [3.05, 3.63) is 59.7 Å². The third-order valence-corrected chi connectivity index (χ3v) is 6.22. The van der Waals surface area contributed by atoms with Gasteiger partial charge in [-0.25, -0.2) is 28.7 Å². The van der Waals surface area contributed by atoms with Crippen LogP contribution >= 0.6 is 0 Å². The van der Waals surface area contributed by atoms with Crippen LogP contribution < -0.4 is 5.32 Å². The minimum Gasteiger partial charge on any atom is -0.366 e. The molecule has 5 rings (SSSR count). The van der Waals surface area contributed by atoms with Crippen LogP contribution in [0.1, 0.15) is 44.1 Å². The summed E-state index contributed by atoms with van der Waals surface area (Å²) in [6, 6.07) is 6.85.